The molecule has 2 aromatic carbocycles. The summed E-state index contributed by atoms with van der Waals surface area (Å²) in [5, 5.41) is 15.4. The molecule has 0 atom stereocenters. The molecule has 0 unspecified atom stereocenters. The minimum Gasteiger partial charge on any atom is -0.183 e. The molecule has 0 aliphatic rings. The van der Waals surface area contributed by atoms with Crippen LogP contribution in [0.1, 0.15) is 16.1 Å². The van der Waals surface area contributed by atoms with Gasteiger partial charge in [0.1, 0.15) is 5.01 Å². The quantitative estimate of drug-likeness (QED) is 0.503. The van der Waals surface area contributed by atoms with Gasteiger partial charge in [0.25, 0.3) is 0 Å². The van der Waals surface area contributed by atoms with Crippen LogP contribution in [-0.2, 0) is 6.42 Å². The van der Waals surface area contributed by atoms with E-state index in [-0.39, 0.29) is 0 Å². The molecule has 0 aliphatic carbocycles. The number of rotatable bonds is 3. The second-order valence-corrected chi connectivity index (χ2v) is 7.38. The molecule has 4 nitrogen and oxygen atoms in total. The average Bonchev–Trinajstić information content (AvgIpc) is 3.10. The van der Waals surface area contributed by atoms with E-state index in [1.165, 1.54) is 16.9 Å². The molecule has 24 heavy (non-hydrogen) atoms. The Hall–Kier alpha value is -1.95. The van der Waals surface area contributed by atoms with Crippen molar-refractivity contribution in [2.45, 2.75) is 13.3 Å². The normalized spacial score (nSPS) is 11.3. The Balaban J connectivity index is 1.72. The zero-order valence-corrected chi connectivity index (χ0v) is 15.0. The lowest BCUT2D eigenvalue weighted by molar-refractivity contribution is 0.917. The standard InChI is InChI=1S/C17H12Cl2N4S/c1-10-3-2-4-12(7-10)16-20-21-17-23(16)22-15(24-17)8-11-5-6-13(18)9-14(11)19/h2-7,9H,8H2,1H3. The van der Waals surface area contributed by atoms with Crippen molar-refractivity contribution in [3.05, 3.63) is 68.6 Å². The van der Waals surface area contributed by atoms with Crippen LogP contribution >= 0.6 is 34.5 Å². The topological polar surface area (TPSA) is 43.1 Å². The Bertz CT molecular complexity index is 1040. The van der Waals surface area contributed by atoms with Gasteiger partial charge in [0.2, 0.25) is 4.96 Å². The summed E-state index contributed by atoms with van der Waals surface area (Å²) in [5.41, 5.74) is 3.17. The Morgan fingerprint density at radius 3 is 2.75 bits per heavy atom. The SMILES string of the molecule is Cc1cccc(-c2nnc3sc(Cc4ccc(Cl)cc4Cl)nn23)c1. The number of hydrogen-bond donors (Lipinski definition) is 0. The van der Waals surface area contributed by atoms with Crippen molar-refractivity contribution < 1.29 is 0 Å². The van der Waals surface area contributed by atoms with Gasteiger partial charge in [-0.1, -0.05) is 64.4 Å². The number of fused-ring (bicyclic) bond motifs is 1. The van der Waals surface area contributed by atoms with E-state index in [9.17, 15) is 0 Å². The van der Waals surface area contributed by atoms with E-state index < -0.39 is 0 Å². The van der Waals surface area contributed by atoms with Gasteiger partial charge in [-0.15, -0.1) is 10.2 Å². The number of aryl methyl sites for hydroxylation is 1. The van der Waals surface area contributed by atoms with Crippen LogP contribution in [0.4, 0.5) is 0 Å². The Morgan fingerprint density at radius 1 is 1.08 bits per heavy atom. The molecule has 0 spiro atoms. The summed E-state index contributed by atoms with van der Waals surface area (Å²) in [6.07, 6.45) is 0.636. The third kappa shape index (κ3) is 2.90. The van der Waals surface area contributed by atoms with Crippen LogP contribution in [0.25, 0.3) is 16.3 Å². The highest BCUT2D eigenvalue weighted by molar-refractivity contribution is 7.16. The first-order chi connectivity index (χ1) is 11.6. The van der Waals surface area contributed by atoms with E-state index in [2.05, 4.69) is 34.4 Å². The third-order valence-corrected chi connectivity index (χ3v) is 5.15. The molecule has 0 aliphatic heterocycles. The molecule has 120 valence electrons. The van der Waals surface area contributed by atoms with E-state index in [1.807, 2.05) is 24.3 Å². The molecule has 0 N–H and O–H groups in total. The largest absolute Gasteiger partial charge is 0.234 e. The van der Waals surface area contributed by atoms with Gasteiger partial charge in [-0.05, 0) is 30.7 Å². The lowest BCUT2D eigenvalue weighted by atomic mass is 10.1. The number of nitrogens with zero attached hydrogens (tertiary/aromatic N) is 4. The van der Waals surface area contributed by atoms with E-state index in [4.69, 9.17) is 23.2 Å². The van der Waals surface area contributed by atoms with E-state index in [0.29, 0.717) is 16.5 Å². The van der Waals surface area contributed by atoms with Crippen LogP contribution in [0, 0.1) is 6.92 Å². The first-order valence-electron chi connectivity index (χ1n) is 7.32. The molecule has 4 aromatic rings. The van der Waals surface area contributed by atoms with E-state index in [1.54, 1.807) is 10.6 Å². The predicted molar refractivity (Wildman–Crippen MR) is 98.1 cm³/mol. The van der Waals surface area contributed by atoms with Crippen LogP contribution in [0.2, 0.25) is 10.0 Å². The molecule has 7 heteroatoms. The smallest absolute Gasteiger partial charge is 0.183 e. The summed E-state index contributed by atoms with van der Waals surface area (Å²) in [6.45, 7) is 2.05. The van der Waals surface area contributed by atoms with Crippen molar-refractivity contribution in [3.63, 3.8) is 0 Å². The second kappa shape index (κ2) is 6.16. The Kier molecular flexibility index (Phi) is 4.00. The van der Waals surface area contributed by atoms with Gasteiger partial charge in [0.05, 0.1) is 0 Å². The van der Waals surface area contributed by atoms with E-state index in [0.717, 1.165) is 26.9 Å². The molecule has 4 rings (SSSR count). The van der Waals surface area contributed by atoms with Gasteiger partial charge < -0.3 is 0 Å². The average molecular weight is 375 g/mol. The molecular weight excluding hydrogens is 363 g/mol. The summed E-state index contributed by atoms with van der Waals surface area (Å²) >= 11 is 13.7. The summed E-state index contributed by atoms with van der Waals surface area (Å²) in [5.74, 6) is 0.749. The van der Waals surface area contributed by atoms with E-state index >= 15 is 0 Å². The van der Waals surface area contributed by atoms with Crippen LogP contribution in [0.15, 0.2) is 42.5 Å². The van der Waals surface area contributed by atoms with Crippen molar-refractivity contribution in [1.29, 1.82) is 0 Å². The number of halogens is 2. The fraction of sp³-hybridized carbons (Fsp3) is 0.118. The molecule has 2 heterocycles. The maximum atomic E-state index is 6.25. The zero-order valence-electron chi connectivity index (χ0n) is 12.7. The van der Waals surface area contributed by atoms with Gasteiger partial charge in [-0.2, -0.15) is 9.61 Å². The van der Waals surface area contributed by atoms with Crippen LogP contribution < -0.4 is 0 Å². The minimum atomic E-state index is 0.628. The van der Waals surface area contributed by atoms with Gasteiger partial charge in [0.15, 0.2) is 5.82 Å². The Morgan fingerprint density at radius 2 is 1.96 bits per heavy atom. The molecule has 0 saturated heterocycles. The fourth-order valence-electron chi connectivity index (χ4n) is 2.52. The van der Waals surface area contributed by atoms with Crippen LogP contribution in [0.3, 0.4) is 0 Å². The highest BCUT2D eigenvalue weighted by atomic mass is 35.5. The van der Waals surface area contributed by atoms with Crippen LogP contribution in [-0.4, -0.2) is 19.8 Å². The maximum absolute atomic E-state index is 6.25. The molecule has 0 amide bonds. The summed E-state index contributed by atoms with van der Waals surface area (Å²) in [4.78, 5) is 0.770. The van der Waals surface area contributed by atoms with Gasteiger partial charge in [-0.25, -0.2) is 0 Å². The van der Waals surface area contributed by atoms with Crippen LogP contribution in [0.5, 0.6) is 0 Å². The highest BCUT2D eigenvalue weighted by Crippen LogP contribution is 2.27. The number of hydrogen-bond acceptors (Lipinski definition) is 4. The summed E-state index contributed by atoms with van der Waals surface area (Å²) in [7, 11) is 0. The molecule has 0 bridgehead atoms. The predicted octanol–water partition coefficient (Wildman–Crippen LogP) is 5.06. The third-order valence-electron chi connectivity index (χ3n) is 3.67. The lowest BCUT2D eigenvalue weighted by Gasteiger charge is -2.02. The molecule has 0 saturated carbocycles. The number of benzene rings is 2. The zero-order chi connectivity index (χ0) is 16.7. The maximum Gasteiger partial charge on any atom is 0.234 e. The fourth-order valence-corrected chi connectivity index (χ4v) is 3.85. The highest BCUT2D eigenvalue weighted by Gasteiger charge is 2.14. The van der Waals surface area contributed by atoms with Crippen molar-refractivity contribution in [3.8, 4) is 11.4 Å². The molecule has 0 fully saturated rings. The summed E-state index contributed by atoms with van der Waals surface area (Å²) < 4.78 is 1.79. The monoisotopic (exact) mass is 374 g/mol. The van der Waals surface area contributed by atoms with Gasteiger partial charge in [0, 0.05) is 22.0 Å². The van der Waals surface area contributed by atoms with Crippen molar-refractivity contribution in [2.75, 3.05) is 0 Å². The van der Waals surface area contributed by atoms with Crippen molar-refractivity contribution in [1.82, 2.24) is 19.8 Å². The van der Waals surface area contributed by atoms with Crippen molar-refractivity contribution in [2.24, 2.45) is 0 Å². The lowest BCUT2D eigenvalue weighted by Crippen LogP contribution is -1.94. The van der Waals surface area contributed by atoms with Gasteiger partial charge in [-0.3, -0.25) is 0 Å². The molecular formula is C17H12Cl2N4S. The van der Waals surface area contributed by atoms with Crippen molar-refractivity contribution >= 4 is 39.5 Å². The number of aromatic nitrogens is 4. The van der Waals surface area contributed by atoms with Gasteiger partial charge >= 0.3 is 0 Å². The summed E-state index contributed by atoms with van der Waals surface area (Å²) in [6, 6.07) is 13.7. The minimum absolute atomic E-state index is 0.628. The first-order valence-corrected chi connectivity index (χ1v) is 8.89. The second-order valence-electron chi connectivity index (χ2n) is 5.50. The molecule has 2 aromatic heterocycles. The molecule has 0 radical (unpaired) electrons. The first kappa shape index (κ1) is 15.6. The Labute approximate surface area is 152 Å².